The number of nitrogens with zero attached hydrogens (tertiary/aromatic N) is 4. The molecule has 1 aromatic carbocycles. The molecule has 0 saturated carbocycles. The molecule has 4 rings (SSSR count). The predicted octanol–water partition coefficient (Wildman–Crippen LogP) is 2.19. The number of piperidine rings is 1. The number of carbonyl (C=O) groups excluding carboxylic acids is 1. The first-order chi connectivity index (χ1) is 13.6. The van der Waals surface area contributed by atoms with Gasteiger partial charge in [-0.1, -0.05) is 0 Å². The van der Waals surface area contributed by atoms with Crippen molar-refractivity contribution >= 4 is 28.8 Å². The van der Waals surface area contributed by atoms with Gasteiger partial charge >= 0.3 is 11.8 Å². The molecule has 3 heterocycles. The molecule has 1 fully saturated rings. The second-order valence-electron chi connectivity index (χ2n) is 6.73. The summed E-state index contributed by atoms with van der Waals surface area (Å²) in [7, 11) is 0. The van der Waals surface area contributed by atoms with E-state index in [1.807, 2.05) is 6.92 Å². The van der Waals surface area contributed by atoms with E-state index in [2.05, 4.69) is 25.5 Å². The predicted molar refractivity (Wildman–Crippen MR) is 106 cm³/mol. The number of hydrogen-bond acceptors (Lipinski definition) is 6. The van der Waals surface area contributed by atoms with E-state index in [1.54, 1.807) is 41.2 Å². The van der Waals surface area contributed by atoms with Crippen molar-refractivity contribution in [2.75, 3.05) is 23.3 Å². The van der Waals surface area contributed by atoms with E-state index in [4.69, 9.17) is 4.42 Å². The molecule has 0 unspecified atom stereocenters. The first-order valence-electron chi connectivity index (χ1n) is 9.37. The number of benzene rings is 1. The van der Waals surface area contributed by atoms with Gasteiger partial charge in [0, 0.05) is 49.8 Å². The van der Waals surface area contributed by atoms with Gasteiger partial charge < -0.3 is 20.0 Å². The zero-order chi connectivity index (χ0) is 19.5. The standard InChI is InChI=1S/C19H22N6O3/c1-2-25-15-7-6-13(11-16(15)28-19(25)27)22-18(26)23-14-5-3-10-24(12-14)17-20-8-4-9-21-17/h4,6-9,11,14H,2-3,5,10,12H2,1H3,(H2,22,23,26)/t14-/m1/s1. The summed E-state index contributed by atoms with van der Waals surface area (Å²) < 4.78 is 6.78. The molecule has 2 aromatic heterocycles. The highest BCUT2D eigenvalue weighted by atomic mass is 16.4. The van der Waals surface area contributed by atoms with Gasteiger partial charge in [0.05, 0.1) is 5.52 Å². The first kappa shape index (κ1) is 18.0. The molecular weight excluding hydrogens is 360 g/mol. The number of aromatic nitrogens is 3. The first-order valence-corrected chi connectivity index (χ1v) is 9.37. The maximum Gasteiger partial charge on any atom is 0.419 e. The lowest BCUT2D eigenvalue weighted by molar-refractivity contribution is 0.246. The molecule has 2 amide bonds. The van der Waals surface area contributed by atoms with Crippen LogP contribution in [0.1, 0.15) is 19.8 Å². The summed E-state index contributed by atoms with van der Waals surface area (Å²) in [5.41, 5.74) is 1.74. The van der Waals surface area contributed by atoms with Gasteiger partial charge in [0.15, 0.2) is 5.58 Å². The third-order valence-corrected chi connectivity index (χ3v) is 4.83. The van der Waals surface area contributed by atoms with Gasteiger partial charge in [0.25, 0.3) is 0 Å². The maximum atomic E-state index is 12.4. The lowest BCUT2D eigenvalue weighted by Crippen LogP contribution is -2.49. The molecular formula is C19H22N6O3. The van der Waals surface area contributed by atoms with Crippen molar-refractivity contribution < 1.29 is 9.21 Å². The van der Waals surface area contributed by atoms with Gasteiger partial charge in [-0.2, -0.15) is 0 Å². The Bertz CT molecular complexity index is 1030. The largest absolute Gasteiger partial charge is 0.419 e. The van der Waals surface area contributed by atoms with E-state index >= 15 is 0 Å². The number of nitrogens with one attached hydrogen (secondary N) is 2. The van der Waals surface area contributed by atoms with Crippen LogP contribution in [0.15, 0.2) is 45.9 Å². The second-order valence-corrected chi connectivity index (χ2v) is 6.73. The number of hydrogen-bond donors (Lipinski definition) is 2. The SMILES string of the molecule is CCn1c(=O)oc2cc(NC(=O)N[C@@H]3CCCN(c4ncccn4)C3)ccc21. The molecule has 3 aromatic rings. The molecule has 0 bridgehead atoms. The molecule has 9 heteroatoms. The molecule has 1 saturated heterocycles. The molecule has 146 valence electrons. The summed E-state index contributed by atoms with van der Waals surface area (Å²) in [5, 5.41) is 5.81. The number of oxazole rings is 1. The quantitative estimate of drug-likeness (QED) is 0.717. The Morgan fingerprint density at radius 2 is 2.14 bits per heavy atom. The fourth-order valence-electron chi connectivity index (χ4n) is 3.53. The number of aryl methyl sites for hydroxylation is 1. The van der Waals surface area contributed by atoms with Crippen molar-refractivity contribution in [3.63, 3.8) is 0 Å². The van der Waals surface area contributed by atoms with Crippen LogP contribution in [0.4, 0.5) is 16.4 Å². The number of fused-ring (bicyclic) bond motifs is 1. The van der Waals surface area contributed by atoms with Gasteiger partial charge in [-0.3, -0.25) is 4.57 Å². The summed E-state index contributed by atoms with van der Waals surface area (Å²) >= 11 is 0. The Morgan fingerprint density at radius 1 is 1.32 bits per heavy atom. The summed E-state index contributed by atoms with van der Waals surface area (Å²) in [6.07, 6.45) is 5.27. The normalized spacial score (nSPS) is 16.9. The van der Waals surface area contributed by atoms with Crippen LogP contribution in [0.25, 0.3) is 11.1 Å². The van der Waals surface area contributed by atoms with E-state index in [0.29, 0.717) is 35.8 Å². The zero-order valence-electron chi connectivity index (χ0n) is 15.6. The Morgan fingerprint density at radius 3 is 2.93 bits per heavy atom. The topological polar surface area (TPSA) is 105 Å². The van der Waals surface area contributed by atoms with Crippen molar-refractivity contribution in [1.82, 2.24) is 19.9 Å². The van der Waals surface area contributed by atoms with E-state index in [9.17, 15) is 9.59 Å². The van der Waals surface area contributed by atoms with Crippen molar-refractivity contribution in [2.24, 2.45) is 0 Å². The van der Waals surface area contributed by atoms with Gasteiger partial charge in [-0.05, 0) is 38.0 Å². The minimum absolute atomic E-state index is 0.000365. The van der Waals surface area contributed by atoms with Crippen molar-refractivity contribution in [2.45, 2.75) is 32.4 Å². The summed E-state index contributed by atoms with van der Waals surface area (Å²) in [6.45, 7) is 3.94. The van der Waals surface area contributed by atoms with Crippen molar-refractivity contribution in [1.29, 1.82) is 0 Å². The van der Waals surface area contributed by atoms with Gasteiger partial charge in [-0.25, -0.2) is 19.6 Å². The summed E-state index contributed by atoms with van der Waals surface area (Å²) in [4.78, 5) is 34.8. The van der Waals surface area contributed by atoms with Gasteiger partial charge in [-0.15, -0.1) is 0 Å². The Hall–Kier alpha value is -3.36. The monoisotopic (exact) mass is 382 g/mol. The average molecular weight is 382 g/mol. The number of amides is 2. The number of urea groups is 1. The lowest BCUT2D eigenvalue weighted by Gasteiger charge is -2.33. The minimum atomic E-state index is -0.399. The maximum absolute atomic E-state index is 12.4. The van der Waals surface area contributed by atoms with Crippen LogP contribution in [0.2, 0.25) is 0 Å². The number of rotatable bonds is 4. The average Bonchev–Trinajstić information content (AvgIpc) is 3.03. The smallest absolute Gasteiger partial charge is 0.408 e. The molecule has 28 heavy (non-hydrogen) atoms. The molecule has 1 atom stereocenters. The second kappa shape index (κ2) is 7.71. The third kappa shape index (κ3) is 3.68. The van der Waals surface area contributed by atoms with Gasteiger partial charge in [0.1, 0.15) is 0 Å². The van der Waals surface area contributed by atoms with Crippen LogP contribution in [0, 0.1) is 0 Å². The van der Waals surface area contributed by atoms with Crippen LogP contribution in [-0.2, 0) is 6.54 Å². The van der Waals surface area contributed by atoms with Crippen molar-refractivity contribution in [3.8, 4) is 0 Å². The molecule has 0 radical (unpaired) electrons. The minimum Gasteiger partial charge on any atom is -0.408 e. The van der Waals surface area contributed by atoms with Crippen LogP contribution in [-0.4, -0.2) is 39.7 Å². The van der Waals surface area contributed by atoms with Crippen molar-refractivity contribution in [3.05, 3.63) is 47.2 Å². The van der Waals surface area contributed by atoms with E-state index in [1.165, 1.54) is 0 Å². The highest BCUT2D eigenvalue weighted by Gasteiger charge is 2.23. The molecule has 9 nitrogen and oxygen atoms in total. The molecule has 0 spiro atoms. The van der Waals surface area contributed by atoms with E-state index < -0.39 is 5.76 Å². The summed E-state index contributed by atoms with van der Waals surface area (Å²) in [5.74, 6) is 0.278. The zero-order valence-corrected chi connectivity index (χ0v) is 15.6. The Kier molecular flexibility index (Phi) is 4.96. The van der Waals surface area contributed by atoms with Crippen LogP contribution >= 0.6 is 0 Å². The molecule has 1 aliphatic heterocycles. The fraction of sp³-hybridized carbons (Fsp3) is 0.368. The van der Waals surface area contributed by atoms with E-state index in [0.717, 1.165) is 19.4 Å². The van der Waals surface area contributed by atoms with Crippen LogP contribution in [0.5, 0.6) is 0 Å². The highest BCUT2D eigenvalue weighted by molar-refractivity contribution is 5.91. The van der Waals surface area contributed by atoms with Gasteiger partial charge in [0.2, 0.25) is 5.95 Å². The fourth-order valence-corrected chi connectivity index (χ4v) is 3.53. The van der Waals surface area contributed by atoms with Crippen LogP contribution in [0.3, 0.4) is 0 Å². The van der Waals surface area contributed by atoms with Crippen LogP contribution < -0.4 is 21.3 Å². The number of anilines is 2. The molecule has 1 aliphatic rings. The van der Waals surface area contributed by atoms with E-state index in [-0.39, 0.29) is 12.1 Å². The number of carbonyl (C=O) groups is 1. The molecule has 2 N–H and O–H groups in total. The Labute approximate surface area is 161 Å². The summed E-state index contributed by atoms with van der Waals surface area (Å²) in [6, 6.07) is 6.68. The lowest BCUT2D eigenvalue weighted by atomic mass is 10.1. The highest BCUT2D eigenvalue weighted by Crippen LogP contribution is 2.19. The Balaban J connectivity index is 1.40. The third-order valence-electron chi connectivity index (χ3n) is 4.83. The molecule has 0 aliphatic carbocycles.